The Morgan fingerprint density at radius 3 is 2.88 bits per heavy atom. The third-order valence-corrected chi connectivity index (χ3v) is 3.37. The van der Waals surface area contributed by atoms with Crippen LogP contribution in [0.5, 0.6) is 0 Å². The van der Waals surface area contributed by atoms with Crippen molar-refractivity contribution in [3.63, 3.8) is 0 Å². The van der Waals surface area contributed by atoms with Crippen LogP contribution in [0, 0.1) is 0 Å². The molecule has 0 amide bonds. The summed E-state index contributed by atoms with van der Waals surface area (Å²) in [5, 5.41) is 7.37. The van der Waals surface area contributed by atoms with Crippen LogP contribution in [0.1, 0.15) is 38.4 Å². The van der Waals surface area contributed by atoms with Crippen LogP contribution >= 0.6 is 0 Å². The van der Waals surface area contributed by atoms with Crippen molar-refractivity contribution in [2.75, 3.05) is 26.3 Å². The van der Waals surface area contributed by atoms with E-state index in [9.17, 15) is 0 Å². The molecular formula is C12H21N3O2. The summed E-state index contributed by atoms with van der Waals surface area (Å²) in [6.45, 7) is 7.62. The van der Waals surface area contributed by atoms with Gasteiger partial charge in [0.25, 0.3) is 0 Å². The fourth-order valence-electron chi connectivity index (χ4n) is 2.10. The van der Waals surface area contributed by atoms with Crippen molar-refractivity contribution >= 4 is 0 Å². The van der Waals surface area contributed by atoms with Crippen LogP contribution in [0.2, 0.25) is 0 Å². The van der Waals surface area contributed by atoms with E-state index in [1.54, 1.807) is 0 Å². The number of nitrogens with zero attached hydrogens (tertiary/aromatic N) is 2. The van der Waals surface area contributed by atoms with E-state index in [4.69, 9.17) is 9.26 Å². The molecule has 0 atom stereocenters. The highest BCUT2D eigenvalue weighted by Crippen LogP contribution is 2.31. The molecular weight excluding hydrogens is 218 g/mol. The molecule has 0 unspecified atom stereocenters. The molecule has 5 heteroatoms. The lowest BCUT2D eigenvalue weighted by atomic mass is 9.81. The fourth-order valence-corrected chi connectivity index (χ4v) is 2.10. The van der Waals surface area contributed by atoms with Gasteiger partial charge in [-0.2, -0.15) is 4.98 Å². The van der Waals surface area contributed by atoms with Crippen molar-refractivity contribution in [2.45, 2.75) is 38.5 Å². The van der Waals surface area contributed by atoms with E-state index in [1.165, 1.54) is 0 Å². The van der Waals surface area contributed by atoms with E-state index in [1.807, 2.05) is 6.92 Å². The number of hydrogen-bond donors (Lipinski definition) is 1. The van der Waals surface area contributed by atoms with Crippen molar-refractivity contribution in [3.05, 3.63) is 11.7 Å². The van der Waals surface area contributed by atoms with Crippen molar-refractivity contribution in [3.8, 4) is 0 Å². The molecule has 1 saturated heterocycles. The van der Waals surface area contributed by atoms with E-state index in [-0.39, 0.29) is 5.41 Å². The fraction of sp³-hybridized carbons (Fsp3) is 0.833. The minimum atomic E-state index is 0.0438. The lowest BCUT2D eigenvalue weighted by molar-refractivity contribution is 0.149. The summed E-state index contributed by atoms with van der Waals surface area (Å²) in [5.74, 6) is 1.54. The highest BCUT2D eigenvalue weighted by Gasteiger charge is 2.34. The van der Waals surface area contributed by atoms with Crippen LogP contribution in [0.25, 0.3) is 0 Å². The lowest BCUT2D eigenvalue weighted by Gasteiger charge is -2.30. The number of nitrogens with one attached hydrogen (secondary N) is 1. The van der Waals surface area contributed by atoms with E-state index in [0.29, 0.717) is 6.61 Å². The number of rotatable bonds is 5. The largest absolute Gasteiger partial charge is 0.381 e. The van der Waals surface area contributed by atoms with Gasteiger partial charge in [-0.1, -0.05) is 12.1 Å². The van der Waals surface area contributed by atoms with Crippen LogP contribution in [-0.2, 0) is 16.6 Å². The third kappa shape index (κ3) is 3.04. The summed E-state index contributed by atoms with van der Waals surface area (Å²) in [5.41, 5.74) is 0.0438. The Morgan fingerprint density at radius 2 is 2.18 bits per heavy atom. The molecule has 1 aliphatic rings. The molecule has 0 bridgehead atoms. The molecule has 2 rings (SSSR count). The van der Waals surface area contributed by atoms with E-state index in [0.717, 1.165) is 50.7 Å². The van der Waals surface area contributed by atoms with Gasteiger partial charge in [0.2, 0.25) is 5.89 Å². The molecule has 1 N–H and O–H groups in total. The summed E-state index contributed by atoms with van der Waals surface area (Å²) in [7, 11) is 0. The predicted octanol–water partition coefficient (Wildman–Crippen LogP) is 1.29. The van der Waals surface area contributed by atoms with E-state index >= 15 is 0 Å². The van der Waals surface area contributed by atoms with E-state index < -0.39 is 0 Å². The summed E-state index contributed by atoms with van der Waals surface area (Å²) in [6.07, 6.45) is 2.84. The monoisotopic (exact) mass is 239 g/mol. The second-order valence-corrected chi connectivity index (χ2v) is 4.77. The smallest absolute Gasteiger partial charge is 0.232 e. The van der Waals surface area contributed by atoms with Gasteiger partial charge in [0.05, 0.1) is 6.61 Å². The number of aromatic nitrogens is 2. The number of hydrogen-bond acceptors (Lipinski definition) is 5. The van der Waals surface area contributed by atoms with Gasteiger partial charge in [0, 0.05) is 18.4 Å². The zero-order valence-corrected chi connectivity index (χ0v) is 10.7. The Bertz CT molecular complexity index is 345. The van der Waals surface area contributed by atoms with Crippen molar-refractivity contribution < 1.29 is 9.26 Å². The average molecular weight is 239 g/mol. The standard InChI is InChI=1S/C12H21N3O2/c1-3-16-9-4-10-14-11(17-15-10)12(2)5-7-13-8-6-12/h13H,3-9H2,1-2H3. The van der Waals surface area contributed by atoms with Gasteiger partial charge in [-0.25, -0.2) is 0 Å². The van der Waals surface area contributed by atoms with E-state index in [2.05, 4.69) is 22.4 Å². The highest BCUT2D eigenvalue weighted by molar-refractivity contribution is 5.05. The quantitative estimate of drug-likeness (QED) is 0.785. The first-order valence-electron chi connectivity index (χ1n) is 6.36. The minimum Gasteiger partial charge on any atom is -0.381 e. The molecule has 5 nitrogen and oxygen atoms in total. The van der Waals surface area contributed by atoms with Gasteiger partial charge in [-0.05, 0) is 32.9 Å². The van der Waals surface area contributed by atoms with Gasteiger partial charge >= 0.3 is 0 Å². The molecule has 1 aliphatic heterocycles. The van der Waals surface area contributed by atoms with Crippen LogP contribution in [0.3, 0.4) is 0 Å². The molecule has 0 saturated carbocycles. The molecule has 0 radical (unpaired) electrons. The Hall–Kier alpha value is -0.940. The molecule has 2 heterocycles. The third-order valence-electron chi connectivity index (χ3n) is 3.37. The summed E-state index contributed by atoms with van der Waals surface area (Å²) in [6, 6.07) is 0. The van der Waals surface area contributed by atoms with Gasteiger partial charge in [-0.3, -0.25) is 0 Å². The van der Waals surface area contributed by atoms with Gasteiger partial charge in [0.1, 0.15) is 0 Å². The number of ether oxygens (including phenoxy) is 1. The van der Waals surface area contributed by atoms with Gasteiger partial charge in [-0.15, -0.1) is 0 Å². The lowest BCUT2D eigenvalue weighted by Crippen LogP contribution is -2.37. The highest BCUT2D eigenvalue weighted by atomic mass is 16.5. The summed E-state index contributed by atoms with van der Waals surface area (Å²) >= 11 is 0. The maximum atomic E-state index is 5.39. The van der Waals surface area contributed by atoms with Gasteiger partial charge in [0.15, 0.2) is 5.82 Å². The first-order chi connectivity index (χ1) is 8.24. The minimum absolute atomic E-state index is 0.0438. The molecule has 1 fully saturated rings. The predicted molar refractivity (Wildman–Crippen MR) is 64.0 cm³/mol. The Labute approximate surface area is 102 Å². The summed E-state index contributed by atoms with van der Waals surface area (Å²) < 4.78 is 10.7. The molecule has 1 aromatic rings. The van der Waals surface area contributed by atoms with Crippen molar-refractivity contribution in [2.24, 2.45) is 0 Å². The van der Waals surface area contributed by atoms with Crippen LogP contribution < -0.4 is 5.32 Å². The van der Waals surface area contributed by atoms with Crippen molar-refractivity contribution in [1.82, 2.24) is 15.5 Å². The second-order valence-electron chi connectivity index (χ2n) is 4.77. The first-order valence-corrected chi connectivity index (χ1v) is 6.36. The molecule has 0 aliphatic carbocycles. The van der Waals surface area contributed by atoms with Crippen LogP contribution in [0.4, 0.5) is 0 Å². The Kier molecular flexibility index (Phi) is 4.12. The molecule has 17 heavy (non-hydrogen) atoms. The van der Waals surface area contributed by atoms with Gasteiger partial charge < -0.3 is 14.6 Å². The zero-order valence-electron chi connectivity index (χ0n) is 10.7. The molecule has 1 aromatic heterocycles. The normalized spacial score (nSPS) is 19.4. The maximum Gasteiger partial charge on any atom is 0.232 e. The van der Waals surface area contributed by atoms with Crippen LogP contribution in [-0.4, -0.2) is 36.4 Å². The van der Waals surface area contributed by atoms with Crippen LogP contribution in [0.15, 0.2) is 4.52 Å². The first kappa shape index (κ1) is 12.5. The average Bonchev–Trinajstić information content (AvgIpc) is 2.80. The Morgan fingerprint density at radius 1 is 1.41 bits per heavy atom. The number of piperidine rings is 1. The molecule has 0 aromatic carbocycles. The zero-order chi connectivity index (χ0) is 12.1. The molecule has 0 spiro atoms. The topological polar surface area (TPSA) is 60.2 Å². The maximum absolute atomic E-state index is 5.39. The SMILES string of the molecule is CCOCCc1noc(C2(C)CCNCC2)n1. The summed E-state index contributed by atoms with van der Waals surface area (Å²) in [4.78, 5) is 4.49. The van der Waals surface area contributed by atoms with Crippen molar-refractivity contribution in [1.29, 1.82) is 0 Å². The molecule has 96 valence electrons. The second kappa shape index (κ2) is 5.60. The Balaban J connectivity index is 1.96.